The van der Waals surface area contributed by atoms with E-state index in [0.29, 0.717) is 12.6 Å². The first-order chi connectivity index (χ1) is 7.13. The summed E-state index contributed by atoms with van der Waals surface area (Å²) in [5.74, 6) is -0.0998. The molecule has 0 aliphatic heterocycles. The molecule has 0 aromatic carbocycles. The van der Waals surface area contributed by atoms with E-state index in [1.54, 1.807) is 6.92 Å². The van der Waals surface area contributed by atoms with Crippen molar-refractivity contribution in [1.82, 2.24) is 5.32 Å². The lowest BCUT2D eigenvalue weighted by Gasteiger charge is -2.35. The minimum Gasteiger partial charge on any atom is -0.481 e. The number of carboxylic acid groups (broad SMARTS) is 1. The normalized spacial score (nSPS) is 25.9. The van der Waals surface area contributed by atoms with Gasteiger partial charge in [0.05, 0.1) is 5.92 Å². The molecule has 1 unspecified atom stereocenters. The summed E-state index contributed by atoms with van der Waals surface area (Å²) < 4.78 is 0. The molecule has 15 heavy (non-hydrogen) atoms. The van der Waals surface area contributed by atoms with Gasteiger partial charge in [0.2, 0.25) is 0 Å². The van der Waals surface area contributed by atoms with E-state index in [2.05, 4.69) is 12.2 Å². The van der Waals surface area contributed by atoms with Crippen LogP contribution in [0.25, 0.3) is 0 Å². The molecule has 0 spiro atoms. The van der Waals surface area contributed by atoms with Gasteiger partial charge in [-0.25, -0.2) is 0 Å². The molecule has 3 nitrogen and oxygen atoms in total. The zero-order chi connectivity index (χ0) is 11.8. The molecule has 0 bridgehead atoms. The van der Waals surface area contributed by atoms with Crippen molar-refractivity contribution in [2.75, 3.05) is 6.54 Å². The Morgan fingerprint density at radius 2 is 2.00 bits per heavy atom. The number of hydrogen-bond donors (Lipinski definition) is 2. The molecule has 1 atom stereocenters. The molecule has 1 aliphatic carbocycles. The Kier molecular flexibility index (Phi) is 7.39. The Morgan fingerprint density at radius 1 is 1.47 bits per heavy atom. The van der Waals surface area contributed by atoms with Crippen LogP contribution in [0.4, 0.5) is 0 Å². The van der Waals surface area contributed by atoms with Gasteiger partial charge in [-0.3, -0.25) is 4.79 Å². The van der Waals surface area contributed by atoms with Gasteiger partial charge in [0.1, 0.15) is 0 Å². The average molecular weight is 215 g/mol. The lowest BCUT2D eigenvalue weighted by atomic mass is 9.78. The van der Waals surface area contributed by atoms with Crippen molar-refractivity contribution in [3.63, 3.8) is 0 Å². The van der Waals surface area contributed by atoms with Gasteiger partial charge >= 0.3 is 5.97 Å². The summed E-state index contributed by atoms with van der Waals surface area (Å²) in [6.45, 7) is 8.56. The molecule has 0 aromatic rings. The summed E-state index contributed by atoms with van der Waals surface area (Å²) in [6, 6.07) is 0.576. The van der Waals surface area contributed by atoms with Gasteiger partial charge < -0.3 is 10.4 Å². The number of rotatable bonds is 5. The minimum absolute atomic E-state index is 0.263. The quantitative estimate of drug-likeness (QED) is 0.741. The van der Waals surface area contributed by atoms with Crippen molar-refractivity contribution in [2.45, 2.75) is 53.0 Å². The van der Waals surface area contributed by atoms with Crippen LogP contribution in [0, 0.1) is 11.8 Å². The Balaban J connectivity index is 0.000000921. The largest absolute Gasteiger partial charge is 0.481 e. The third-order valence-corrected chi connectivity index (χ3v) is 2.95. The maximum absolute atomic E-state index is 10.5. The highest BCUT2D eigenvalue weighted by molar-refractivity contribution is 5.69. The number of carbonyl (C=O) groups is 1. The van der Waals surface area contributed by atoms with Crippen molar-refractivity contribution in [3.05, 3.63) is 0 Å². The molecular weight excluding hydrogens is 190 g/mol. The van der Waals surface area contributed by atoms with Gasteiger partial charge in [0.25, 0.3) is 0 Å². The Bertz CT molecular complexity index is 176. The number of hydrogen-bond acceptors (Lipinski definition) is 2. The summed E-state index contributed by atoms with van der Waals surface area (Å²) in [4.78, 5) is 10.5. The fourth-order valence-electron chi connectivity index (χ4n) is 1.67. The van der Waals surface area contributed by atoms with Crippen molar-refractivity contribution in [2.24, 2.45) is 11.8 Å². The fraction of sp³-hybridized carbons (Fsp3) is 0.917. The van der Waals surface area contributed by atoms with Crippen LogP contribution < -0.4 is 5.32 Å². The summed E-state index contributed by atoms with van der Waals surface area (Å²) in [7, 11) is 0. The molecule has 3 heteroatoms. The first-order valence-electron chi connectivity index (χ1n) is 6.09. The van der Waals surface area contributed by atoms with Crippen LogP contribution in [0.1, 0.15) is 47.0 Å². The number of nitrogens with one attached hydrogen (secondary N) is 1. The van der Waals surface area contributed by atoms with Crippen LogP contribution in [-0.4, -0.2) is 23.7 Å². The lowest BCUT2D eigenvalue weighted by Crippen LogP contribution is -2.43. The molecule has 0 heterocycles. The first-order valence-corrected chi connectivity index (χ1v) is 6.09. The predicted molar refractivity (Wildman–Crippen MR) is 63.0 cm³/mol. The number of carboxylic acids is 1. The van der Waals surface area contributed by atoms with E-state index in [4.69, 9.17) is 5.11 Å². The lowest BCUT2D eigenvalue weighted by molar-refractivity contribution is -0.141. The van der Waals surface area contributed by atoms with Crippen LogP contribution in [0.5, 0.6) is 0 Å². The topological polar surface area (TPSA) is 49.3 Å². The van der Waals surface area contributed by atoms with Gasteiger partial charge in [-0.15, -0.1) is 0 Å². The van der Waals surface area contributed by atoms with Crippen LogP contribution in [0.3, 0.4) is 0 Å². The Morgan fingerprint density at radius 3 is 2.40 bits per heavy atom. The SMILES string of the molecule is CC.CCC1CC(NCC(C)C(=O)O)C1. The average Bonchev–Trinajstić information content (AvgIpc) is 2.18. The first kappa shape index (κ1) is 14.4. The molecule has 0 aromatic heterocycles. The summed E-state index contributed by atoms with van der Waals surface area (Å²) in [5.41, 5.74) is 0. The van der Waals surface area contributed by atoms with Crippen LogP contribution in [-0.2, 0) is 4.79 Å². The standard InChI is InChI=1S/C10H19NO2.C2H6/c1-3-8-4-9(5-8)11-6-7(2)10(12)13;1-2/h7-9,11H,3-6H2,1-2H3,(H,12,13);1-2H3. The molecule has 90 valence electrons. The second kappa shape index (κ2) is 7.69. The molecule has 1 aliphatic rings. The molecular formula is C12H25NO2. The second-order valence-corrected chi connectivity index (χ2v) is 4.09. The van der Waals surface area contributed by atoms with E-state index in [9.17, 15) is 4.79 Å². The fourth-order valence-corrected chi connectivity index (χ4v) is 1.67. The van der Waals surface area contributed by atoms with Gasteiger partial charge in [-0.1, -0.05) is 34.1 Å². The summed E-state index contributed by atoms with van der Waals surface area (Å²) in [5, 5.41) is 11.9. The predicted octanol–water partition coefficient (Wildman–Crippen LogP) is 2.51. The van der Waals surface area contributed by atoms with Gasteiger partial charge in [-0.2, -0.15) is 0 Å². The molecule has 1 rings (SSSR count). The molecule has 1 fully saturated rings. The molecule has 0 radical (unpaired) electrons. The smallest absolute Gasteiger partial charge is 0.307 e. The maximum atomic E-state index is 10.5. The van der Waals surface area contributed by atoms with Crippen molar-refractivity contribution in [1.29, 1.82) is 0 Å². The van der Waals surface area contributed by atoms with E-state index in [1.807, 2.05) is 13.8 Å². The van der Waals surface area contributed by atoms with Gasteiger partial charge in [-0.05, 0) is 18.8 Å². The molecule has 1 saturated carbocycles. The molecule has 0 saturated heterocycles. The Hall–Kier alpha value is -0.570. The summed E-state index contributed by atoms with van der Waals surface area (Å²) >= 11 is 0. The second-order valence-electron chi connectivity index (χ2n) is 4.09. The highest BCUT2D eigenvalue weighted by Crippen LogP contribution is 2.29. The number of aliphatic carboxylic acids is 1. The van der Waals surface area contributed by atoms with Crippen molar-refractivity contribution in [3.8, 4) is 0 Å². The third-order valence-electron chi connectivity index (χ3n) is 2.95. The van der Waals surface area contributed by atoms with Crippen molar-refractivity contribution < 1.29 is 9.90 Å². The zero-order valence-corrected chi connectivity index (χ0v) is 10.4. The third kappa shape index (κ3) is 5.17. The van der Waals surface area contributed by atoms with Crippen LogP contribution >= 0.6 is 0 Å². The maximum Gasteiger partial charge on any atom is 0.307 e. The molecule has 2 N–H and O–H groups in total. The van der Waals surface area contributed by atoms with Crippen LogP contribution in [0.15, 0.2) is 0 Å². The minimum atomic E-state index is -0.709. The van der Waals surface area contributed by atoms with E-state index >= 15 is 0 Å². The Labute approximate surface area is 93.3 Å². The monoisotopic (exact) mass is 215 g/mol. The van der Waals surface area contributed by atoms with E-state index in [-0.39, 0.29) is 5.92 Å². The summed E-state index contributed by atoms with van der Waals surface area (Å²) in [6.07, 6.45) is 3.71. The molecule has 0 amide bonds. The van der Waals surface area contributed by atoms with E-state index < -0.39 is 5.97 Å². The van der Waals surface area contributed by atoms with E-state index in [1.165, 1.54) is 19.3 Å². The van der Waals surface area contributed by atoms with Gasteiger partial charge in [0.15, 0.2) is 0 Å². The van der Waals surface area contributed by atoms with Crippen molar-refractivity contribution >= 4 is 5.97 Å². The highest BCUT2D eigenvalue weighted by Gasteiger charge is 2.27. The van der Waals surface area contributed by atoms with Gasteiger partial charge in [0, 0.05) is 12.6 Å². The zero-order valence-electron chi connectivity index (χ0n) is 10.4. The highest BCUT2D eigenvalue weighted by atomic mass is 16.4. The van der Waals surface area contributed by atoms with E-state index in [0.717, 1.165) is 5.92 Å². The van der Waals surface area contributed by atoms with Crippen LogP contribution in [0.2, 0.25) is 0 Å².